The lowest BCUT2D eigenvalue weighted by Crippen LogP contribution is -2.34. The van der Waals surface area contributed by atoms with Crippen molar-refractivity contribution < 1.29 is 26.0 Å². The molecule has 3 nitrogen and oxygen atoms in total. The Labute approximate surface area is 153 Å². The molecule has 140 valence electrons. The van der Waals surface area contributed by atoms with E-state index >= 15 is 0 Å². The molecule has 1 saturated heterocycles. The van der Waals surface area contributed by atoms with Crippen LogP contribution in [0.5, 0.6) is 0 Å². The summed E-state index contributed by atoms with van der Waals surface area (Å²) < 4.78 is 81.5. The van der Waals surface area contributed by atoms with Gasteiger partial charge in [0, 0.05) is 29.7 Å². The summed E-state index contributed by atoms with van der Waals surface area (Å²) in [5.41, 5.74) is 0.159. The Kier molecular flexibility index (Phi) is 5.59. The average molecular weight is 405 g/mol. The van der Waals surface area contributed by atoms with Gasteiger partial charge in [0.25, 0.3) is 0 Å². The van der Waals surface area contributed by atoms with Crippen molar-refractivity contribution in [3.05, 3.63) is 65.2 Å². The zero-order valence-electron chi connectivity index (χ0n) is 13.5. The third-order valence-corrected chi connectivity index (χ3v) is 7.38. The summed E-state index contributed by atoms with van der Waals surface area (Å²) in [5.74, 6) is -3.18. The van der Waals surface area contributed by atoms with Crippen molar-refractivity contribution in [3.63, 3.8) is 0 Å². The Balaban J connectivity index is 1.85. The average Bonchev–Trinajstić information content (AvgIpc) is 2.83. The van der Waals surface area contributed by atoms with E-state index in [9.17, 15) is 26.0 Å². The third kappa shape index (κ3) is 3.74. The van der Waals surface area contributed by atoms with Crippen LogP contribution in [0.25, 0.3) is 0 Å². The van der Waals surface area contributed by atoms with Crippen LogP contribution >= 0.6 is 11.8 Å². The highest BCUT2D eigenvalue weighted by atomic mass is 32.2. The number of thioether (sulfide) groups is 1. The maximum atomic E-state index is 14.0. The Morgan fingerprint density at radius 1 is 0.962 bits per heavy atom. The fourth-order valence-corrected chi connectivity index (χ4v) is 5.78. The van der Waals surface area contributed by atoms with E-state index in [4.69, 9.17) is 0 Å². The minimum atomic E-state index is -4.37. The van der Waals surface area contributed by atoms with Crippen LogP contribution in [0.15, 0.2) is 41.3 Å². The van der Waals surface area contributed by atoms with E-state index in [-0.39, 0.29) is 30.8 Å². The van der Waals surface area contributed by atoms with E-state index < -0.39 is 43.4 Å². The van der Waals surface area contributed by atoms with E-state index in [0.717, 1.165) is 40.7 Å². The molecule has 0 amide bonds. The molecule has 3 rings (SSSR count). The minimum absolute atomic E-state index is 0.0220. The molecule has 0 saturated carbocycles. The van der Waals surface area contributed by atoms with E-state index in [1.54, 1.807) is 0 Å². The molecular weight excluding hydrogens is 390 g/mol. The molecule has 1 heterocycles. The van der Waals surface area contributed by atoms with E-state index in [1.807, 2.05) is 0 Å². The lowest BCUT2D eigenvalue weighted by Gasteiger charge is -2.20. The quantitative estimate of drug-likeness (QED) is 0.722. The first-order chi connectivity index (χ1) is 12.3. The van der Waals surface area contributed by atoms with Gasteiger partial charge in [-0.1, -0.05) is 6.07 Å². The molecule has 0 aromatic heterocycles. The fraction of sp³-hybridized carbons (Fsp3) is 0.294. The summed E-state index contributed by atoms with van der Waals surface area (Å²) in [4.78, 5) is -0.986. The van der Waals surface area contributed by atoms with Gasteiger partial charge in [0.1, 0.15) is 23.3 Å². The van der Waals surface area contributed by atoms with Crippen LogP contribution in [-0.2, 0) is 10.0 Å². The van der Waals surface area contributed by atoms with Crippen LogP contribution in [0.1, 0.15) is 17.2 Å². The van der Waals surface area contributed by atoms with Crippen LogP contribution in [-0.4, -0.2) is 31.6 Å². The fourth-order valence-electron chi connectivity index (χ4n) is 2.86. The second kappa shape index (κ2) is 7.58. The highest BCUT2D eigenvalue weighted by molar-refractivity contribution is 7.99. The summed E-state index contributed by atoms with van der Waals surface area (Å²) in [6.07, 6.45) is 0.195. The van der Waals surface area contributed by atoms with Crippen LogP contribution < -0.4 is 0 Å². The zero-order valence-corrected chi connectivity index (χ0v) is 15.1. The largest absolute Gasteiger partial charge is 0.248 e. The maximum absolute atomic E-state index is 14.0. The normalized spacial score (nSPS) is 19.3. The molecule has 2 aromatic rings. The predicted octanol–water partition coefficient (Wildman–Crippen LogP) is 4.11. The van der Waals surface area contributed by atoms with Crippen molar-refractivity contribution in [2.45, 2.75) is 16.6 Å². The van der Waals surface area contributed by atoms with E-state index in [1.165, 1.54) is 11.8 Å². The first-order valence-electron chi connectivity index (χ1n) is 7.81. The van der Waals surface area contributed by atoms with Crippen molar-refractivity contribution >= 4 is 21.8 Å². The predicted molar refractivity (Wildman–Crippen MR) is 91.3 cm³/mol. The lowest BCUT2D eigenvalue weighted by molar-refractivity contribution is 0.416. The summed E-state index contributed by atoms with van der Waals surface area (Å²) in [6.45, 7) is -0.0298. The third-order valence-electron chi connectivity index (χ3n) is 4.12. The van der Waals surface area contributed by atoms with Gasteiger partial charge < -0.3 is 0 Å². The number of hydrogen-bond acceptors (Lipinski definition) is 3. The van der Waals surface area contributed by atoms with Crippen LogP contribution in [0, 0.1) is 23.3 Å². The molecule has 1 aliphatic heterocycles. The van der Waals surface area contributed by atoms with Gasteiger partial charge in [-0.15, -0.1) is 0 Å². The maximum Gasteiger partial charge on any atom is 0.248 e. The molecule has 1 unspecified atom stereocenters. The van der Waals surface area contributed by atoms with Gasteiger partial charge in [-0.25, -0.2) is 26.0 Å². The number of hydrogen-bond donors (Lipinski definition) is 0. The smallest absolute Gasteiger partial charge is 0.207 e. The zero-order chi connectivity index (χ0) is 18.9. The highest BCUT2D eigenvalue weighted by Crippen LogP contribution is 2.37. The second-order valence-electron chi connectivity index (χ2n) is 5.77. The van der Waals surface area contributed by atoms with Gasteiger partial charge in [-0.05, 0) is 36.8 Å². The number of rotatable bonds is 3. The van der Waals surface area contributed by atoms with Crippen molar-refractivity contribution in [3.8, 4) is 0 Å². The second-order valence-corrected chi connectivity index (χ2v) is 8.95. The van der Waals surface area contributed by atoms with Crippen molar-refractivity contribution in [2.24, 2.45) is 0 Å². The number of sulfonamides is 1. The van der Waals surface area contributed by atoms with Gasteiger partial charge in [0.15, 0.2) is 4.90 Å². The molecule has 1 atom stereocenters. The summed E-state index contributed by atoms with van der Waals surface area (Å²) >= 11 is 1.28. The number of nitrogens with zero attached hydrogens (tertiary/aromatic N) is 1. The van der Waals surface area contributed by atoms with E-state index in [2.05, 4.69) is 0 Å². The Hall–Kier alpha value is -1.58. The molecule has 0 radical (unpaired) electrons. The summed E-state index contributed by atoms with van der Waals surface area (Å²) in [6, 6.07) is 5.98. The molecule has 0 N–H and O–H groups in total. The van der Waals surface area contributed by atoms with Crippen molar-refractivity contribution in [1.29, 1.82) is 0 Å². The summed E-state index contributed by atoms with van der Waals surface area (Å²) in [7, 11) is -4.37. The standard InChI is InChI=1S/C17H15F4NO2S2/c18-11-4-5-13(19)12(10-11)16-6-7-22(8-9-25-16)26(23,24)17-14(20)2-1-3-15(17)21/h1-5,10,16H,6-9H2. The first kappa shape index (κ1) is 19.2. The Morgan fingerprint density at radius 2 is 1.65 bits per heavy atom. The molecule has 1 aliphatic rings. The number of halogens is 4. The van der Waals surface area contributed by atoms with Gasteiger partial charge in [-0.3, -0.25) is 0 Å². The first-order valence-corrected chi connectivity index (χ1v) is 10.3. The highest BCUT2D eigenvalue weighted by Gasteiger charge is 2.33. The van der Waals surface area contributed by atoms with Crippen LogP contribution in [0.2, 0.25) is 0 Å². The SMILES string of the molecule is O=S(=O)(c1c(F)cccc1F)N1CCSC(c2cc(F)ccc2F)CC1. The van der Waals surface area contributed by atoms with Crippen LogP contribution in [0.3, 0.4) is 0 Å². The molecule has 0 aliphatic carbocycles. The molecule has 0 spiro atoms. The Bertz CT molecular complexity index is 901. The van der Waals surface area contributed by atoms with Gasteiger partial charge in [-0.2, -0.15) is 16.1 Å². The molecule has 0 bridgehead atoms. The monoisotopic (exact) mass is 405 g/mol. The van der Waals surface area contributed by atoms with Gasteiger partial charge in [0.2, 0.25) is 10.0 Å². The minimum Gasteiger partial charge on any atom is -0.207 e. The van der Waals surface area contributed by atoms with Crippen LogP contribution in [0.4, 0.5) is 17.6 Å². The molecule has 2 aromatic carbocycles. The number of benzene rings is 2. The topological polar surface area (TPSA) is 37.4 Å². The molecule has 1 fully saturated rings. The van der Waals surface area contributed by atoms with E-state index in [0.29, 0.717) is 0 Å². The van der Waals surface area contributed by atoms with Crippen molar-refractivity contribution in [1.82, 2.24) is 4.31 Å². The molecular formula is C17H15F4NO2S2. The van der Waals surface area contributed by atoms with Crippen molar-refractivity contribution in [2.75, 3.05) is 18.8 Å². The van der Waals surface area contributed by atoms with Gasteiger partial charge in [0.05, 0.1) is 0 Å². The molecule has 9 heteroatoms. The molecule has 26 heavy (non-hydrogen) atoms. The van der Waals surface area contributed by atoms with Gasteiger partial charge >= 0.3 is 0 Å². The lowest BCUT2D eigenvalue weighted by atomic mass is 10.1. The summed E-state index contributed by atoms with van der Waals surface area (Å²) in [5, 5.41) is -0.448. The Morgan fingerprint density at radius 3 is 2.35 bits per heavy atom.